The smallest absolute Gasteiger partial charge is 0.191 e. The first kappa shape index (κ1) is 17.9. The highest BCUT2D eigenvalue weighted by Gasteiger charge is 2.10. The number of nitrogens with one attached hydrogen (secondary N) is 2. The molecule has 4 N–H and O–H groups in total. The number of hydrogen-bond acceptors (Lipinski definition) is 8. The van der Waals surface area contributed by atoms with Crippen LogP contribution in [0.1, 0.15) is 5.56 Å². The van der Waals surface area contributed by atoms with Crippen molar-refractivity contribution in [2.24, 2.45) is 0 Å². The molecule has 0 saturated heterocycles. The molecule has 1 aromatic carbocycles. The maximum Gasteiger partial charge on any atom is 0.191 e. The van der Waals surface area contributed by atoms with Crippen LogP contribution in [0.25, 0.3) is 0 Å². The average molecular weight is 352 g/mol. The van der Waals surface area contributed by atoms with Gasteiger partial charge >= 0.3 is 0 Å². The summed E-state index contributed by atoms with van der Waals surface area (Å²) >= 11 is 2.97. The monoisotopic (exact) mass is 352 g/mol. The van der Waals surface area contributed by atoms with E-state index in [1.165, 1.54) is 29.3 Å². The number of rotatable bonds is 9. The number of nitrogens with zero attached hydrogens (tertiary/aromatic N) is 2. The van der Waals surface area contributed by atoms with Crippen molar-refractivity contribution >= 4 is 35.3 Å². The van der Waals surface area contributed by atoms with E-state index in [4.69, 9.17) is 0 Å². The second-order valence-electron chi connectivity index (χ2n) is 4.71. The number of benzene rings is 1. The van der Waals surface area contributed by atoms with E-state index in [0.29, 0.717) is 16.8 Å². The third kappa shape index (κ3) is 5.91. The molecule has 0 spiro atoms. The SMILES string of the molecule is CSNc1cc(NC(CO)CO)nc(SCc2ccccc2)n1. The minimum atomic E-state index is -0.445. The summed E-state index contributed by atoms with van der Waals surface area (Å²) in [7, 11) is 0. The molecule has 0 amide bonds. The van der Waals surface area contributed by atoms with Gasteiger partial charge in [0.25, 0.3) is 0 Å². The zero-order valence-electron chi connectivity index (χ0n) is 12.8. The third-order valence-electron chi connectivity index (χ3n) is 2.92. The van der Waals surface area contributed by atoms with Gasteiger partial charge < -0.3 is 20.3 Å². The van der Waals surface area contributed by atoms with Crippen LogP contribution in [0.4, 0.5) is 11.6 Å². The number of aliphatic hydroxyl groups is 2. The van der Waals surface area contributed by atoms with Crippen molar-refractivity contribution in [3.63, 3.8) is 0 Å². The second kappa shape index (κ2) is 9.61. The lowest BCUT2D eigenvalue weighted by atomic mass is 10.2. The predicted molar refractivity (Wildman–Crippen MR) is 96.8 cm³/mol. The molecule has 124 valence electrons. The van der Waals surface area contributed by atoms with Crippen LogP contribution in [-0.2, 0) is 5.75 Å². The van der Waals surface area contributed by atoms with E-state index in [2.05, 4.69) is 32.1 Å². The number of thioether (sulfide) groups is 1. The summed E-state index contributed by atoms with van der Waals surface area (Å²) in [5, 5.41) is 22.0. The second-order valence-corrected chi connectivity index (χ2v) is 6.26. The van der Waals surface area contributed by atoms with Gasteiger partial charge in [0.05, 0.1) is 19.3 Å². The Kier molecular flexibility index (Phi) is 7.47. The van der Waals surface area contributed by atoms with E-state index in [0.717, 1.165) is 5.75 Å². The van der Waals surface area contributed by atoms with Crippen LogP contribution in [0.5, 0.6) is 0 Å². The van der Waals surface area contributed by atoms with Crippen molar-refractivity contribution in [1.29, 1.82) is 0 Å². The van der Waals surface area contributed by atoms with Crippen LogP contribution < -0.4 is 10.0 Å². The molecule has 0 radical (unpaired) electrons. The molecule has 8 heteroatoms. The molecule has 1 aromatic heterocycles. The molecule has 2 rings (SSSR count). The van der Waals surface area contributed by atoms with E-state index in [9.17, 15) is 10.2 Å². The topological polar surface area (TPSA) is 90.3 Å². The van der Waals surface area contributed by atoms with Crippen molar-refractivity contribution in [3.05, 3.63) is 42.0 Å². The van der Waals surface area contributed by atoms with Crippen LogP contribution in [0.15, 0.2) is 41.6 Å². The van der Waals surface area contributed by atoms with Gasteiger partial charge in [0, 0.05) is 18.1 Å². The fourth-order valence-electron chi connectivity index (χ4n) is 1.80. The van der Waals surface area contributed by atoms with Gasteiger partial charge in [0.2, 0.25) is 0 Å². The molecule has 0 unspecified atom stereocenters. The normalized spacial score (nSPS) is 10.8. The molecule has 0 aliphatic carbocycles. The van der Waals surface area contributed by atoms with Gasteiger partial charge in [-0.2, -0.15) is 0 Å². The van der Waals surface area contributed by atoms with Gasteiger partial charge in [-0.25, -0.2) is 9.97 Å². The highest BCUT2D eigenvalue weighted by Crippen LogP contribution is 2.24. The first-order valence-electron chi connectivity index (χ1n) is 7.08. The number of aromatic nitrogens is 2. The molecule has 0 fully saturated rings. The quantitative estimate of drug-likeness (QED) is 0.310. The number of hydrogen-bond donors (Lipinski definition) is 4. The zero-order valence-corrected chi connectivity index (χ0v) is 14.4. The highest BCUT2D eigenvalue weighted by atomic mass is 32.2. The molecule has 0 bridgehead atoms. The van der Waals surface area contributed by atoms with Crippen LogP contribution in [-0.4, -0.2) is 45.7 Å². The van der Waals surface area contributed by atoms with E-state index in [1.807, 2.05) is 24.5 Å². The van der Waals surface area contributed by atoms with Gasteiger partial charge in [-0.05, 0) is 5.56 Å². The first-order chi connectivity index (χ1) is 11.2. The minimum absolute atomic E-state index is 0.168. The van der Waals surface area contributed by atoms with Gasteiger partial charge in [-0.3, -0.25) is 0 Å². The van der Waals surface area contributed by atoms with Crippen molar-refractivity contribution in [3.8, 4) is 0 Å². The minimum Gasteiger partial charge on any atom is -0.394 e. The van der Waals surface area contributed by atoms with E-state index >= 15 is 0 Å². The Balaban J connectivity index is 2.12. The van der Waals surface area contributed by atoms with Gasteiger partial charge in [-0.1, -0.05) is 54.0 Å². The zero-order chi connectivity index (χ0) is 16.5. The Hall–Kier alpha value is -1.48. The van der Waals surface area contributed by atoms with Crippen molar-refractivity contribution in [2.45, 2.75) is 17.0 Å². The molecule has 0 saturated carbocycles. The summed E-state index contributed by atoms with van der Waals surface area (Å²) in [6, 6.07) is 11.4. The lowest BCUT2D eigenvalue weighted by Gasteiger charge is -2.15. The van der Waals surface area contributed by atoms with Crippen molar-refractivity contribution < 1.29 is 10.2 Å². The number of aliphatic hydroxyl groups excluding tert-OH is 2. The summed E-state index contributed by atoms with van der Waals surface area (Å²) in [6.07, 6.45) is 1.91. The molecule has 0 aliphatic heterocycles. The molecule has 1 heterocycles. The maximum atomic E-state index is 9.19. The summed E-state index contributed by atoms with van der Waals surface area (Å²) < 4.78 is 3.08. The summed E-state index contributed by atoms with van der Waals surface area (Å²) in [4.78, 5) is 8.89. The molecular formula is C15H20N4O2S2. The molecule has 23 heavy (non-hydrogen) atoms. The highest BCUT2D eigenvalue weighted by molar-refractivity contribution is 7.99. The molecule has 0 atom stereocenters. The predicted octanol–water partition coefficient (Wildman–Crippen LogP) is 2.22. The first-order valence-corrected chi connectivity index (χ1v) is 9.29. The molecule has 0 aliphatic rings. The lowest BCUT2D eigenvalue weighted by Crippen LogP contribution is -2.28. The van der Waals surface area contributed by atoms with Gasteiger partial charge in [0.15, 0.2) is 5.16 Å². The maximum absolute atomic E-state index is 9.19. The van der Waals surface area contributed by atoms with Gasteiger partial charge in [-0.15, -0.1) is 0 Å². The summed E-state index contributed by atoms with van der Waals surface area (Å²) in [6.45, 7) is -0.337. The standard InChI is InChI=1S/C15H20N4O2S2/c1-22-19-14-7-13(16-12(8-20)9-21)17-15(18-14)23-10-11-5-3-2-4-6-11/h2-7,12,20-21H,8-10H2,1H3,(H2,16,17,18,19). The van der Waals surface area contributed by atoms with Gasteiger partial charge in [0.1, 0.15) is 11.6 Å². The van der Waals surface area contributed by atoms with Crippen LogP contribution >= 0.6 is 23.7 Å². The lowest BCUT2D eigenvalue weighted by molar-refractivity contribution is 0.203. The average Bonchev–Trinajstić information content (AvgIpc) is 2.59. The Morgan fingerprint density at radius 2 is 1.78 bits per heavy atom. The van der Waals surface area contributed by atoms with E-state index < -0.39 is 6.04 Å². The van der Waals surface area contributed by atoms with Crippen molar-refractivity contribution in [1.82, 2.24) is 9.97 Å². The Labute approximate surface area is 144 Å². The fourth-order valence-corrected chi connectivity index (χ4v) is 2.93. The van der Waals surface area contributed by atoms with Crippen LogP contribution in [0.2, 0.25) is 0 Å². The molecule has 2 aromatic rings. The van der Waals surface area contributed by atoms with Crippen LogP contribution in [0.3, 0.4) is 0 Å². The van der Waals surface area contributed by atoms with Crippen molar-refractivity contribution in [2.75, 3.05) is 29.5 Å². The van der Waals surface area contributed by atoms with Crippen LogP contribution in [0, 0.1) is 0 Å². The Bertz CT molecular complexity index is 597. The molecule has 6 nitrogen and oxygen atoms in total. The fraction of sp³-hybridized carbons (Fsp3) is 0.333. The van der Waals surface area contributed by atoms with E-state index in [1.54, 1.807) is 6.07 Å². The molecular weight excluding hydrogens is 332 g/mol. The Morgan fingerprint density at radius 1 is 1.09 bits per heavy atom. The Morgan fingerprint density at radius 3 is 2.43 bits per heavy atom. The third-order valence-corrected chi connectivity index (χ3v) is 4.25. The number of anilines is 2. The van der Waals surface area contributed by atoms with E-state index in [-0.39, 0.29) is 13.2 Å². The summed E-state index contributed by atoms with van der Waals surface area (Å²) in [5.41, 5.74) is 1.20. The summed E-state index contributed by atoms with van der Waals surface area (Å²) in [5.74, 6) is 2.02. The largest absolute Gasteiger partial charge is 0.394 e.